The first kappa shape index (κ1) is 12.1. The van der Waals surface area contributed by atoms with Crippen LogP contribution in [0.1, 0.15) is 23.0 Å². The van der Waals surface area contributed by atoms with Crippen molar-refractivity contribution in [1.82, 2.24) is 0 Å². The number of rotatable bonds is 2. The Morgan fingerprint density at radius 2 is 1.88 bits per heavy atom. The van der Waals surface area contributed by atoms with Crippen LogP contribution in [0.5, 0.6) is 0 Å². The monoisotopic (exact) mass is 258 g/mol. The van der Waals surface area contributed by atoms with Gasteiger partial charge < -0.3 is 9.52 Å². The minimum absolute atomic E-state index is 0.0322. The molecular formula is C12H9ClF2O2. The first-order valence-electron chi connectivity index (χ1n) is 4.86. The van der Waals surface area contributed by atoms with E-state index in [2.05, 4.69) is 0 Å². The highest BCUT2D eigenvalue weighted by atomic mass is 35.5. The molecule has 0 saturated heterocycles. The van der Waals surface area contributed by atoms with Crippen LogP contribution in [0.2, 0.25) is 5.02 Å². The Balaban J connectivity index is 2.43. The van der Waals surface area contributed by atoms with Gasteiger partial charge in [-0.3, -0.25) is 0 Å². The predicted molar refractivity (Wildman–Crippen MR) is 58.9 cm³/mol. The van der Waals surface area contributed by atoms with Crippen LogP contribution >= 0.6 is 11.6 Å². The third kappa shape index (κ3) is 2.33. The van der Waals surface area contributed by atoms with Crippen molar-refractivity contribution in [3.05, 3.63) is 58.0 Å². The predicted octanol–water partition coefficient (Wildman–Crippen LogP) is 3.60. The third-order valence-corrected chi connectivity index (χ3v) is 2.73. The van der Waals surface area contributed by atoms with Gasteiger partial charge >= 0.3 is 0 Å². The van der Waals surface area contributed by atoms with Gasteiger partial charge in [0.1, 0.15) is 11.9 Å². The molecule has 17 heavy (non-hydrogen) atoms. The molecular weight excluding hydrogens is 250 g/mol. The van der Waals surface area contributed by atoms with Gasteiger partial charge in [0.2, 0.25) is 0 Å². The van der Waals surface area contributed by atoms with Gasteiger partial charge in [-0.15, -0.1) is 0 Å². The molecule has 1 aromatic heterocycles. The van der Waals surface area contributed by atoms with E-state index >= 15 is 0 Å². The summed E-state index contributed by atoms with van der Waals surface area (Å²) < 4.78 is 31.0. The fourth-order valence-corrected chi connectivity index (χ4v) is 1.79. The number of furan rings is 1. The summed E-state index contributed by atoms with van der Waals surface area (Å²) in [5.74, 6) is -1.49. The zero-order chi connectivity index (χ0) is 12.6. The van der Waals surface area contributed by atoms with Crippen LogP contribution in [0.25, 0.3) is 0 Å². The topological polar surface area (TPSA) is 33.4 Å². The minimum Gasteiger partial charge on any atom is -0.469 e. The zero-order valence-electron chi connectivity index (χ0n) is 8.88. The van der Waals surface area contributed by atoms with Crippen LogP contribution in [0.4, 0.5) is 8.78 Å². The highest BCUT2D eigenvalue weighted by molar-refractivity contribution is 6.31. The lowest BCUT2D eigenvalue weighted by atomic mass is 10.0. The van der Waals surface area contributed by atoms with Crippen molar-refractivity contribution >= 4 is 11.6 Å². The van der Waals surface area contributed by atoms with E-state index in [-0.39, 0.29) is 10.6 Å². The maximum Gasteiger partial charge on any atom is 0.160 e. The Morgan fingerprint density at radius 3 is 2.47 bits per heavy atom. The van der Waals surface area contributed by atoms with E-state index < -0.39 is 17.7 Å². The van der Waals surface area contributed by atoms with Crippen molar-refractivity contribution in [1.29, 1.82) is 0 Å². The molecule has 1 heterocycles. The van der Waals surface area contributed by atoms with Crippen LogP contribution in [-0.4, -0.2) is 5.11 Å². The van der Waals surface area contributed by atoms with Crippen molar-refractivity contribution in [3.8, 4) is 0 Å². The first-order chi connectivity index (χ1) is 7.99. The molecule has 2 aromatic rings. The van der Waals surface area contributed by atoms with E-state index in [4.69, 9.17) is 16.0 Å². The van der Waals surface area contributed by atoms with Gasteiger partial charge in [-0.1, -0.05) is 11.6 Å². The van der Waals surface area contributed by atoms with Gasteiger partial charge in [0, 0.05) is 16.1 Å². The largest absolute Gasteiger partial charge is 0.469 e. The van der Waals surface area contributed by atoms with Gasteiger partial charge in [-0.2, -0.15) is 0 Å². The summed E-state index contributed by atoms with van der Waals surface area (Å²) in [6.45, 7) is 1.71. The lowest BCUT2D eigenvalue weighted by Gasteiger charge is -2.11. The van der Waals surface area contributed by atoms with Crippen molar-refractivity contribution in [2.75, 3.05) is 0 Å². The van der Waals surface area contributed by atoms with Crippen molar-refractivity contribution < 1.29 is 18.3 Å². The van der Waals surface area contributed by atoms with Crippen LogP contribution in [0, 0.1) is 18.6 Å². The number of aliphatic hydroxyl groups excluding tert-OH is 1. The zero-order valence-corrected chi connectivity index (χ0v) is 9.63. The van der Waals surface area contributed by atoms with Gasteiger partial charge in [0.05, 0.1) is 6.26 Å². The van der Waals surface area contributed by atoms with E-state index in [1.54, 1.807) is 13.0 Å². The maximum atomic E-state index is 13.1. The highest BCUT2D eigenvalue weighted by Gasteiger charge is 2.18. The molecule has 0 saturated carbocycles. The first-order valence-corrected chi connectivity index (χ1v) is 5.24. The summed E-state index contributed by atoms with van der Waals surface area (Å²) in [5.41, 5.74) is 0.543. The normalized spacial score (nSPS) is 12.8. The summed E-state index contributed by atoms with van der Waals surface area (Å²) >= 11 is 5.76. The molecule has 0 radical (unpaired) electrons. The van der Waals surface area contributed by atoms with E-state index in [1.165, 1.54) is 6.26 Å². The Morgan fingerprint density at radius 1 is 1.24 bits per heavy atom. The molecule has 0 bridgehead atoms. The molecule has 1 unspecified atom stereocenters. The number of aryl methyl sites for hydroxylation is 1. The SMILES string of the molecule is Cc1cc(C(O)c2cc(F)c(F)cc2Cl)co1. The maximum absolute atomic E-state index is 13.1. The minimum atomic E-state index is -1.14. The molecule has 0 aliphatic rings. The summed E-state index contributed by atoms with van der Waals surface area (Å²) in [6.07, 6.45) is 0.201. The summed E-state index contributed by atoms with van der Waals surface area (Å²) in [7, 11) is 0. The fourth-order valence-electron chi connectivity index (χ4n) is 1.53. The molecule has 1 aromatic carbocycles. The highest BCUT2D eigenvalue weighted by Crippen LogP contribution is 2.30. The van der Waals surface area contributed by atoms with Gasteiger partial charge in [0.15, 0.2) is 11.6 Å². The molecule has 2 nitrogen and oxygen atoms in total. The second kappa shape index (κ2) is 4.47. The average Bonchev–Trinajstić information content (AvgIpc) is 2.69. The fraction of sp³-hybridized carbons (Fsp3) is 0.167. The third-order valence-electron chi connectivity index (χ3n) is 2.40. The molecule has 90 valence electrons. The smallest absolute Gasteiger partial charge is 0.160 e. The Bertz CT molecular complexity index is 551. The summed E-state index contributed by atoms with van der Waals surface area (Å²) in [5, 5.41) is 9.94. The molecule has 2 rings (SSSR count). The van der Waals surface area contributed by atoms with Crippen LogP contribution in [0.3, 0.4) is 0 Å². The number of hydrogen-bond donors (Lipinski definition) is 1. The van der Waals surface area contributed by atoms with Crippen molar-refractivity contribution in [2.45, 2.75) is 13.0 Å². The average molecular weight is 259 g/mol. The van der Waals surface area contributed by atoms with Crippen LogP contribution < -0.4 is 0 Å². The second-order valence-corrected chi connectivity index (χ2v) is 4.09. The molecule has 0 aliphatic heterocycles. The Kier molecular flexibility index (Phi) is 3.17. The number of benzene rings is 1. The quantitative estimate of drug-likeness (QED) is 0.835. The van der Waals surface area contributed by atoms with Gasteiger partial charge in [-0.05, 0) is 25.1 Å². The molecule has 0 fully saturated rings. The summed E-state index contributed by atoms with van der Waals surface area (Å²) in [6, 6.07) is 3.31. The number of halogens is 3. The second-order valence-electron chi connectivity index (χ2n) is 3.68. The number of aliphatic hydroxyl groups is 1. The summed E-state index contributed by atoms with van der Waals surface area (Å²) in [4.78, 5) is 0. The lowest BCUT2D eigenvalue weighted by molar-refractivity contribution is 0.218. The van der Waals surface area contributed by atoms with Gasteiger partial charge in [0.25, 0.3) is 0 Å². The Hall–Kier alpha value is -1.39. The standard InChI is InChI=1S/C12H9ClF2O2/c1-6-2-7(5-17-6)12(16)8-3-10(14)11(15)4-9(8)13/h2-5,12,16H,1H3. The molecule has 0 spiro atoms. The van der Waals surface area contributed by atoms with Crippen LogP contribution in [-0.2, 0) is 0 Å². The van der Waals surface area contributed by atoms with E-state index in [1.807, 2.05) is 0 Å². The van der Waals surface area contributed by atoms with Crippen molar-refractivity contribution in [3.63, 3.8) is 0 Å². The van der Waals surface area contributed by atoms with Crippen LogP contribution in [0.15, 0.2) is 28.9 Å². The molecule has 0 aliphatic carbocycles. The number of hydrogen-bond acceptors (Lipinski definition) is 2. The van der Waals surface area contributed by atoms with Gasteiger partial charge in [-0.25, -0.2) is 8.78 Å². The molecule has 5 heteroatoms. The van der Waals surface area contributed by atoms with Crippen molar-refractivity contribution in [2.24, 2.45) is 0 Å². The Labute approximate surface area is 101 Å². The van der Waals surface area contributed by atoms with E-state index in [0.717, 1.165) is 12.1 Å². The van der Waals surface area contributed by atoms with E-state index in [0.29, 0.717) is 11.3 Å². The molecule has 1 N–H and O–H groups in total. The lowest BCUT2D eigenvalue weighted by Crippen LogP contribution is -2.01. The molecule has 1 atom stereocenters. The van der Waals surface area contributed by atoms with E-state index in [9.17, 15) is 13.9 Å². The molecule has 0 amide bonds.